The number of piperidine rings is 1. The third-order valence-corrected chi connectivity index (χ3v) is 4.69. The molecular formula is C16H25N3O3S. The summed E-state index contributed by atoms with van der Waals surface area (Å²) in [6, 6.07) is 9.49. The minimum Gasteiger partial charge on any atom is -0.312 e. The van der Waals surface area contributed by atoms with Gasteiger partial charge in [-0.15, -0.1) is 0 Å². The molecule has 7 heteroatoms. The van der Waals surface area contributed by atoms with Crippen molar-refractivity contribution >= 4 is 21.6 Å². The molecule has 0 aromatic heterocycles. The van der Waals surface area contributed by atoms with Crippen LogP contribution in [0.1, 0.15) is 19.8 Å². The van der Waals surface area contributed by atoms with Crippen molar-refractivity contribution in [3.05, 3.63) is 30.3 Å². The number of carbonyl (C=O) groups is 1. The van der Waals surface area contributed by atoms with Crippen LogP contribution in [0.3, 0.4) is 0 Å². The first-order valence-electron chi connectivity index (χ1n) is 7.94. The molecule has 1 N–H and O–H groups in total. The number of rotatable bonds is 6. The van der Waals surface area contributed by atoms with Crippen LogP contribution in [0.5, 0.6) is 0 Å². The molecule has 1 aliphatic rings. The Labute approximate surface area is 138 Å². The number of hydrogen-bond acceptors (Lipinski definition) is 4. The molecule has 1 saturated heterocycles. The van der Waals surface area contributed by atoms with E-state index < -0.39 is 10.0 Å². The third kappa shape index (κ3) is 5.60. The summed E-state index contributed by atoms with van der Waals surface area (Å²) in [6.45, 7) is 4.27. The van der Waals surface area contributed by atoms with Gasteiger partial charge in [-0.1, -0.05) is 18.2 Å². The van der Waals surface area contributed by atoms with Crippen molar-refractivity contribution in [1.29, 1.82) is 0 Å². The van der Waals surface area contributed by atoms with E-state index in [0.29, 0.717) is 19.6 Å². The molecule has 1 aromatic carbocycles. The number of anilines is 1. The number of amides is 1. The van der Waals surface area contributed by atoms with Gasteiger partial charge in [0, 0.05) is 24.8 Å². The van der Waals surface area contributed by atoms with E-state index in [2.05, 4.69) is 4.72 Å². The molecule has 0 aliphatic carbocycles. The Morgan fingerprint density at radius 3 is 2.65 bits per heavy atom. The molecule has 6 nitrogen and oxygen atoms in total. The lowest BCUT2D eigenvalue weighted by Gasteiger charge is -2.33. The molecule has 1 fully saturated rings. The van der Waals surface area contributed by atoms with E-state index in [1.165, 1.54) is 6.26 Å². The lowest BCUT2D eigenvalue weighted by atomic mass is 10.1. The largest absolute Gasteiger partial charge is 0.312 e. The number of nitrogens with one attached hydrogen (secondary N) is 1. The van der Waals surface area contributed by atoms with E-state index in [9.17, 15) is 13.2 Å². The Morgan fingerprint density at radius 2 is 2.04 bits per heavy atom. The van der Waals surface area contributed by atoms with Crippen molar-refractivity contribution in [2.75, 3.05) is 37.3 Å². The van der Waals surface area contributed by atoms with E-state index in [1.807, 2.05) is 42.2 Å². The Kier molecular flexibility index (Phi) is 6.15. The van der Waals surface area contributed by atoms with Crippen LogP contribution in [0.25, 0.3) is 0 Å². The lowest BCUT2D eigenvalue weighted by Crippen LogP contribution is -2.50. The molecular weight excluding hydrogens is 314 g/mol. The molecule has 1 amide bonds. The first-order chi connectivity index (χ1) is 10.9. The maximum absolute atomic E-state index is 12.6. The number of likely N-dealkylation sites (N-methyl/N-ethyl adjacent to an activating group) is 1. The fourth-order valence-corrected chi connectivity index (χ4v) is 3.78. The van der Waals surface area contributed by atoms with Gasteiger partial charge in [-0.05, 0) is 38.4 Å². The van der Waals surface area contributed by atoms with Gasteiger partial charge in [-0.2, -0.15) is 0 Å². The molecule has 0 spiro atoms. The minimum absolute atomic E-state index is 0.0405. The second-order valence-electron chi connectivity index (χ2n) is 5.94. The molecule has 128 valence electrons. The lowest BCUT2D eigenvalue weighted by molar-refractivity contribution is -0.120. The summed E-state index contributed by atoms with van der Waals surface area (Å²) in [7, 11) is -3.21. The summed E-state index contributed by atoms with van der Waals surface area (Å²) < 4.78 is 25.4. The van der Waals surface area contributed by atoms with Crippen LogP contribution >= 0.6 is 0 Å². The second-order valence-corrected chi connectivity index (χ2v) is 7.72. The summed E-state index contributed by atoms with van der Waals surface area (Å²) in [5.41, 5.74) is 0.892. The van der Waals surface area contributed by atoms with Crippen LogP contribution in [0, 0.1) is 0 Å². The van der Waals surface area contributed by atoms with E-state index in [4.69, 9.17) is 0 Å². The number of carbonyl (C=O) groups excluding carboxylic acids is 1. The zero-order valence-electron chi connectivity index (χ0n) is 13.7. The zero-order valence-corrected chi connectivity index (χ0v) is 14.6. The number of likely N-dealkylation sites (tertiary alicyclic amines) is 1. The molecule has 0 bridgehead atoms. The Bertz CT molecular complexity index is 619. The maximum Gasteiger partial charge on any atom is 0.241 e. The molecule has 1 atom stereocenters. The van der Waals surface area contributed by atoms with Crippen molar-refractivity contribution in [3.8, 4) is 0 Å². The SMILES string of the molecule is CCN(C(=O)CN1CCCC(NS(C)(=O)=O)C1)c1ccccc1. The van der Waals surface area contributed by atoms with Crippen molar-refractivity contribution in [2.45, 2.75) is 25.8 Å². The fourth-order valence-electron chi connectivity index (χ4n) is 2.99. The van der Waals surface area contributed by atoms with Gasteiger partial charge in [0.05, 0.1) is 12.8 Å². The van der Waals surface area contributed by atoms with E-state index in [1.54, 1.807) is 4.90 Å². The second kappa shape index (κ2) is 7.90. The van der Waals surface area contributed by atoms with Crippen LogP contribution < -0.4 is 9.62 Å². The molecule has 1 heterocycles. The fraction of sp³-hybridized carbons (Fsp3) is 0.562. The summed E-state index contributed by atoms with van der Waals surface area (Å²) in [4.78, 5) is 16.4. The number of para-hydroxylation sites is 1. The molecule has 23 heavy (non-hydrogen) atoms. The standard InChI is InChI=1S/C16H25N3O3S/c1-3-19(15-9-5-4-6-10-15)16(20)13-18-11-7-8-14(12-18)17-23(2,21)22/h4-6,9-10,14,17H,3,7-8,11-13H2,1-2H3. The van der Waals surface area contributed by atoms with Crippen LogP contribution in [-0.4, -0.2) is 57.7 Å². The van der Waals surface area contributed by atoms with E-state index in [-0.39, 0.29) is 11.9 Å². The molecule has 2 rings (SSSR count). The maximum atomic E-state index is 12.6. The zero-order chi connectivity index (χ0) is 16.9. The first kappa shape index (κ1) is 17.9. The number of nitrogens with zero attached hydrogens (tertiary/aromatic N) is 2. The highest BCUT2D eigenvalue weighted by Crippen LogP contribution is 2.15. The van der Waals surface area contributed by atoms with Crippen LogP contribution in [-0.2, 0) is 14.8 Å². The molecule has 1 aromatic rings. The van der Waals surface area contributed by atoms with Crippen molar-refractivity contribution < 1.29 is 13.2 Å². The first-order valence-corrected chi connectivity index (χ1v) is 9.83. The van der Waals surface area contributed by atoms with Crippen LogP contribution in [0.15, 0.2) is 30.3 Å². The predicted octanol–water partition coefficient (Wildman–Crippen LogP) is 1.05. The average Bonchev–Trinajstić information content (AvgIpc) is 2.47. The number of sulfonamides is 1. The van der Waals surface area contributed by atoms with E-state index >= 15 is 0 Å². The van der Waals surface area contributed by atoms with Gasteiger partial charge in [-0.25, -0.2) is 13.1 Å². The predicted molar refractivity (Wildman–Crippen MR) is 91.9 cm³/mol. The van der Waals surface area contributed by atoms with Gasteiger partial charge in [0.25, 0.3) is 0 Å². The smallest absolute Gasteiger partial charge is 0.241 e. The van der Waals surface area contributed by atoms with Gasteiger partial charge in [-0.3, -0.25) is 9.69 Å². The van der Waals surface area contributed by atoms with Crippen molar-refractivity contribution in [3.63, 3.8) is 0 Å². The van der Waals surface area contributed by atoms with Crippen LogP contribution in [0.4, 0.5) is 5.69 Å². The van der Waals surface area contributed by atoms with Gasteiger partial charge in [0.1, 0.15) is 0 Å². The van der Waals surface area contributed by atoms with Crippen LogP contribution in [0.2, 0.25) is 0 Å². The van der Waals surface area contributed by atoms with Crippen molar-refractivity contribution in [2.24, 2.45) is 0 Å². The Morgan fingerprint density at radius 1 is 1.35 bits per heavy atom. The van der Waals surface area contributed by atoms with E-state index in [0.717, 1.165) is 25.1 Å². The summed E-state index contributed by atoms with van der Waals surface area (Å²) in [5.74, 6) is 0.0405. The summed E-state index contributed by atoms with van der Waals surface area (Å²) in [5, 5.41) is 0. The Balaban J connectivity index is 1.96. The molecule has 0 radical (unpaired) electrons. The third-order valence-electron chi connectivity index (χ3n) is 3.93. The normalized spacial score (nSPS) is 19.5. The Hall–Kier alpha value is -1.44. The molecule has 1 aliphatic heterocycles. The quantitative estimate of drug-likeness (QED) is 0.841. The minimum atomic E-state index is -3.21. The molecule has 1 unspecified atom stereocenters. The van der Waals surface area contributed by atoms with Gasteiger partial charge < -0.3 is 4.90 Å². The number of hydrogen-bond donors (Lipinski definition) is 1. The van der Waals surface area contributed by atoms with Gasteiger partial charge in [0.15, 0.2) is 0 Å². The highest BCUT2D eigenvalue weighted by atomic mass is 32.2. The van der Waals surface area contributed by atoms with Gasteiger partial charge >= 0.3 is 0 Å². The average molecular weight is 339 g/mol. The number of benzene rings is 1. The summed E-state index contributed by atoms with van der Waals surface area (Å²) in [6.07, 6.45) is 2.87. The molecule has 0 saturated carbocycles. The van der Waals surface area contributed by atoms with Gasteiger partial charge in [0.2, 0.25) is 15.9 Å². The highest BCUT2D eigenvalue weighted by Gasteiger charge is 2.25. The van der Waals surface area contributed by atoms with Crippen molar-refractivity contribution in [1.82, 2.24) is 9.62 Å². The summed E-state index contributed by atoms with van der Waals surface area (Å²) >= 11 is 0. The monoisotopic (exact) mass is 339 g/mol. The highest BCUT2D eigenvalue weighted by molar-refractivity contribution is 7.88. The topological polar surface area (TPSA) is 69.7 Å².